The van der Waals surface area contributed by atoms with Crippen molar-refractivity contribution in [3.63, 3.8) is 0 Å². The Morgan fingerprint density at radius 1 is 0.912 bits per heavy atom. The minimum absolute atomic E-state index is 0.0347. The van der Waals surface area contributed by atoms with Crippen LogP contribution in [0.15, 0.2) is 77.9 Å². The number of benzene rings is 3. The lowest BCUT2D eigenvalue weighted by Crippen LogP contribution is -2.07. The molecule has 0 saturated carbocycles. The smallest absolute Gasteiger partial charge is 0.250 e. The zero-order chi connectivity index (χ0) is 23.8. The van der Waals surface area contributed by atoms with Gasteiger partial charge in [0.1, 0.15) is 18.2 Å². The third-order valence-electron chi connectivity index (χ3n) is 4.59. The molecule has 8 nitrogen and oxygen atoms in total. The number of hydrogen-bond acceptors (Lipinski definition) is 8. The van der Waals surface area contributed by atoms with E-state index in [1.54, 1.807) is 37.5 Å². The molecule has 0 aliphatic heterocycles. The summed E-state index contributed by atoms with van der Waals surface area (Å²) in [7, 11) is 1.72. The number of nitrogens with one attached hydrogen (secondary N) is 3. The molecule has 0 radical (unpaired) electrons. The second kappa shape index (κ2) is 11.1. The fourth-order valence-corrected chi connectivity index (χ4v) is 3.10. The van der Waals surface area contributed by atoms with Crippen LogP contribution in [0.4, 0.5) is 27.9 Å². The molecule has 0 aliphatic rings. The van der Waals surface area contributed by atoms with Gasteiger partial charge < -0.3 is 15.4 Å². The van der Waals surface area contributed by atoms with Gasteiger partial charge in [0, 0.05) is 18.3 Å². The molecule has 4 rings (SSSR count). The Balaban J connectivity index is 1.37. The summed E-state index contributed by atoms with van der Waals surface area (Å²) in [6, 6.07) is 21.3. The number of rotatable bonds is 9. The van der Waals surface area contributed by atoms with Gasteiger partial charge in [0.25, 0.3) is 0 Å². The highest BCUT2D eigenvalue weighted by atomic mass is 35.5. The van der Waals surface area contributed by atoms with Gasteiger partial charge in [0.15, 0.2) is 0 Å². The van der Waals surface area contributed by atoms with Crippen LogP contribution in [0.2, 0.25) is 5.02 Å². The van der Waals surface area contributed by atoms with Crippen LogP contribution in [-0.2, 0) is 6.61 Å². The van der Waals surface area contributed by atoms with Crippen LogP contribution in [0, 0.1) is 5.82 Å². The van der Waals surface area contributed by atoms with Crippen molar-refractivity contribution in [1.29, 1.82) is 0 Å². The minimum Gasteiger partial charge on any atom is -0.489 e. The average molecular weight is 478 g/mol. The van der Waals surface area contributed by atoms with Crippen LogP contribution < -0.4 is 20.8 Å². The van der Waals surface area contributed by atoms with E-state index in [4.69, 9.17) is 16.3 Å². The highest BCUT2D eigenvalue weighted by Crippen LogP contribution is 2.21. The molecule has 0 amide bonds. The Morgan fingerprint density at radius 3 is 2.38 bits per heavy atom. The first kappa shape index (κ1) is 22.9. The maximum absolute atomic E-state index is 13.9. The Kier molecular flexibility index (Phi) is 7.46. The van der Waals surface area contributed by atoms with Gasteiger partial charge in [0.2, 0.25) is 17.8 Å². The molecule has 1 aromatic heterocycles. The van der Waals surface area contributed by atoms with Gasteiger partial charge in [-0.1, -0.05) is 35.9 Å². The van der Waals surface area contributed by atoms with Crippen LogP contribution in [0.25, 0.3) is 0 Å². The first-order chi connectivity index (χ1) is 16.6. The molecule has 0 aliphatic carbocycles. The fourth-order valence-electron chi connectivity index (χ4n) is 2.88. The van der Waals surface area contributed by atoms with E-state index in [0.717, 1.165) is 11.3 Å². The SMILES string of the molecule is CNc1nc(N/N=C\c2ccc(OCc3c(F)cccc3Cl)cc2)nc(Nc2ccccc2)n1. The molecule has 0 unspecified atom stereocenters. The number of halogens is 2. The van der Waals surface area contributed by atoms with Crippen molar-refractivity contribution in [3.8, 4) is 5.75 Å². The second-order valence-corrected chi connectivity index (χ2v) is 7.38. The van der Waals surface area contributed by atoms with E-state index in [1.165, 1.54) is 6.07 Å². The van der Waals surface area contributed by atoms with Crippen molar-refractivity contribution in [2.75, 3.05) is 23.1 Å². The predicted molar refractivity (Wildman–Crippen MR) is 132 cm³/mol. The molecule has 0 bridgehead atoms. The Bertz CT molecular complexity index is 1250. The van der Waals surface area contributed by atoms with Gasteiger partial charge in [-0.3, -0.25) is 0 Å². The molecule has 0 spiro atoms. The molecule has 172 valence electrons. The van der Waals surface area contributed by atoms with Crippen molar-refractivity contribution in [2.24, 2.45) is 5.10 Å². The number of para-hydroxylation sites is 1. The first-order valence-electron chi connectivity index (χ1n) is 10.3. The maximum Gasteiger partial charge on any atom is 0.250 e. The van der Waals surface area contributed by atoms with Gasteiger partial charge in [-0.25, -0.2) is 9.82 Å². The monoisotopic (exact) mass is 477 g/mol. The molecule has 0 saturated heterocycles. The number of hydrogen-bond donors (Lipinski definition) is 3. The standard InChI is InChI=1S/C24H21ClFN7O/c1-27-22-30-23(29-17-6-3-2-4-7-17)32-24(31-22)33-28-14-16-10-12-18(13-11-16)34-15-19-20(25)8-5-9-21(19)26/h2-14H,15H2,1H3,(H3,27,29,30,31,32,33)/b28-14-. The molecule has 0 fully saturated rings. The summed E-state index contributed by atoms with van der Waals surface area (Å²) in [5.41, 5.74) is 4.79. The number of anilines is 4. The van der Waals surface area contributed by atoms with Crippen LogP contribution >= 0.6 is 11.6 Å². The molecular formula is C24H21ClFN7O. The molecule has 3 aromatic carbocycles. The largest absolute Gasteiger partial charge is 0.489 e. The van der Waals surface area contributed by atoms with Gasteiger partial charge in [-0.15, -0.1) is 0 Å². The fraction of sp³-hybridized carbons (Fsp3) is 0.0833. The van der Waals surface area contributed by atoms with Gasteiger partial charge >= 0.3 is 0 Å². The molecular weight excluding hydrogens is 457 g/mol. The number of nitrogens with zero attached hydrogens (tertiary/aromatic N) is 4. The number of ether oxygens (including phenoxy) is 1. The molecule has 10 heteroatoms. The lowest BCUT2D eigenvalue weighted by Gasteiger charge is -2.09. The van der Waals surface area contributed by atoms with Gasteiger partial charge in [-0.05, 0) is 54.1 Å². The molecule has 1 heterocycles. The Labute approximate surface area is 200 Å². The predicted octanol–water partition coefficient (Wildman–Crippen LogP) is 5.47. The normalized spacial score (nSPS) is 10.8. The Morgan fingerprint density at radius 2 is 1.65 bits per heavy atom. The molecule has 34 heavy (non-hydrogen) atoms. The highest BCUT2D eigenvalue weighted by molar-refractivity contribution is 6.31. The summed E-state index contributed by atoms with van der Waals surface area (Å²) in [6.07, 6.45) is 1.62. The van der Waals surface area contributed by atoms with Crippen molar-refractivity contribution >= 4 is 41.3 Å². The number of aromatic nitrogens is 3. The maximum atomic E-state index is 13.9. The number of hydrazone groups is 1. The van der Waals surface area contributed by atoms with Crippen LogP contribution in [0.5, 0.6) is 5.75 Å². The lowest BCUT2D eigenvalue weighted by atomic mass is 10.2. The molecule has 4 aromatic rings. The first-order valence-corrected chi connectivity index (χ1v) is 10.7. The minimum atomic E-state index is -0.399. The van der Waals surface area contributed by atoms with Crippen molar-refractivity contribution < 1.29 is 9.13 Å². The summed E-state index contributed by atoms with van der Waals surface area (Å²) >= 11 is 6.03. The zero-order valence-corrected chi connectivity index (χ0v) is 18.9. The van der Waals surface area contributed by atoms with Crippen LogP contribution in [0.3, 0.4) is 0 Å². The lowest BCUT2D eigenvalue weighted by molar-refractivity contribution is 0.300. The van der Waals surface area contributed by atoms with E-state index in [9.17, 15) is 4.39 Å². The van der Waals surface area contributed by atoms with E-state index in [2.05, 4.69) is 36.1 Å². The third-order valence-corrected chi connectivity index (χ3v) is 4.95. The second-order valence-electron chi connectivity index (χ2n) is 6.98. The molecule has 0 atom stereocenters. The van der Waals surface area contributed by atoms with Gasteiger partial charge in [0.05, 0.1) is 11.2 Å². The van der Waals surface area contributed by atoms with Crippen LogP contribution in [-0.4, -0.2) is 28.2 Å². The van der Waals surface area contributed by atoms with E-state index in [0.29, 0.717) is 28.2 Å². The van der Waals surface area contributed by atoms with E-state index >= 15 is 0 Å². The van der Waals surface area contributed by atoms with E-state index < -0.39 is 5.82 Å². The third kappa shape index (κ3) is 6.17. The Hall–Kier alpha value is -4.24. The summed E-state index contributed by atoms with van der Waals surface area (Å²) in [5, 5.41) is 10.5. The quantitative estimate of drug-likeness (QED) is 0.217. The van der Waals surface area contributed by atoms with Crippen molar-refractivity contribution in [1.82, 2.24) is 15.0 Å². The van der Waals surface area contributed by atoms with E-state index in [1.807, 2.05) is 42.5 Å². The molecule has 3 N–H and O–H groups in total. The summed E-state index contributed by atoms with van der Waals surface area (Å²) in [4.78, 5) is 12.9. The summed E-state index contributed by atoms with van der Waals surface area (Å²) in [5.74, 6) is 1.22. The average Bonchev–Trinajstić information content (AvgIpc) is 2.85. The van der Waals surface area contributed by atoms with Gasteiger partial charge in [-0.2, -0.15) is 20.1 Å². The summed E-state index contributed by atoms with van der Waals surface area (Å²) < 4.78 is 19.5. The van der Waals surface area contributed by atoms with Crippen molar-refractivity contribution in [2.45, 2.75) is 6.61 Å². The highest BCUT2D eigenvalue weighted by Gasteiger charge is 2.08. The summed E-state index contributed by atoms with van der Waals surface area (Å²) in [6.45, 7) is 0.0347. The van der Waals surface area contributed by atoms with Crippen molar-refractivity contribution in [3.05, 3.63) is 94.8 Å². The van der Waals surface area contributed by atoms with Crippen LogP contribution in [0.1, 0.15) is 11.1 Å². The van der Waals surface area contributed by atoms with E-state index in [-0.39, 0.29) is 12.6 Å². The topological polar surface area (TPSA) is 96.4 Å². The zero-order valence-electron chi connectivity index (χ0n) is 18.2.